The van der Waals surface area contributed by atoms with Gasteiger partial charge >= 0.3 is 4.87 Å². The molecule has 2 aromatic rings. The fourth-order valence-corrected chi connectivity index (χ4v) is 4.22. The first-order valence-electron chi connectivity index (χ1n) is 4.86. The van der Waals surface area contributed by atoms with Crippen LogP contribution in [0.5, 0.6) is 0 Å². The van der Waals surface area contributed by atoms with Gasteiger partial charge in [0, 0.05) is 16.0 Å². The molecule has 6 nitrogen and oxygen atoms in total. The van der Waals surface area contributed by atoms with Crippen LogP contribution in [0.15, 0.2) is 26.5 Å². The topological polar surface area (TPSA) is 99.3 Å². The van der Waals surface area contributed by atoms with Gasteiger partial charge in [0.1, 0.15) is 0 Å². The lowest BCUT2D eigenvalue weighted by Crippen LogP contribution is -2.24. The number of hydrogen-bond acceptors (Lipinski definition) is 6. The van der Waals surface area contributed by atoms with Gasteiger partial charge in [0.05, 0.1) is 18.0 Å². The van der Waals surface area contributed by atoms with Crippen LogP contribution in [0.25, 0.3) is 0 Å². The third-order valence-corrected chi connectivity index (χ3v) is 5.40. The molecule has 0 aromatic carbocycles. The normalized spacial score (nSPS) is 11.8. The Morgan fingerprint density at radius 2 is 2.17 bits per heavy atom. The SMILES string of the molecule is O=c1[nH]c(CNS(=O)(=O)c2ccsc2CO)cs1. The number of aliphatic hydroxyl groups excluding tert-OH is 1. The monoisotopic (exact) mass is 306 g/mol. The molecule has 2 rings (SSSR count). The fraction of sp³-hybridized carbons (Fsp3) is 0.222. The summed E-state index contributed by atoms with van der Waals surface area (Å²) in [5.41, 5.74) is 0.509. The van der Waals surface area contributed by atoms with Crippen molar-refractivity contribution < 1.29 is 13.5 Å². The van der Waals surface area contributed by atoms with Crippen molar-refractivity contribution in [1.29, 1.82) is 0 Å². The maximum atomic E-state index is 11.9. The predicted octanol–water partition coefficient (Wildman–Crippen LogP) is 0.469. The Hall–Kier alpha value is -1.00. The summed E-state index contributed by atoms with van der Waals surface area (Å²) in [4.78, 5) is 13.7. The third kappa shape index (κ3) is 2.87. The zero-order valence-electron chi connectivity index (χ0n) is 9.04. The molecule has 0 aliphatic rings. The van der Waals surface area contributed by atoms with Crippen LogP contribution in [0.1, 0.15) is 10.6 Å². The smallest absolute Gasteiger partial charge is 0.304 e. The van der Waals surface area contributed by atoms with Crippen molar-refractivity contribution in [1.82, 2.24) is 9.71 Å². The van der Waals surface area contributed by atoms with Crippen molar-refractivity contribution in [2.24, 2.45) is 0 Å². The van der Waals surface area contributed by atoms with Crippen molar-refractivity contribution in [3.63, 3.8) is 0 Å². The summed E-state index contributed by atoms with van der Waals surface area (Å²) in [5, 5.41) is 12.2. The number of rotatable bonds is 5. The molecule has 0 unspecified atom stereocenters. The maximum absolute atomic E-state index is 11.9. The average molecular weight is 306 g/mol. The highest BCUT2D eigenvalue weighted by molar-refractivity contribution is 7.89. The van der Waals surface area contributed by atoms with Crippen molar-refractivity contribution in [2.45, 2.75) is 18.0 Å². The number of H-pyrrole nitrogens is 1. The van der Waals surface area contributed by atoms with E-state index in [4.69, 9.17) is 5.11 Å². The summed E-state index contributed by atoms with van der Waals surface area (Å²) in [6.45, 7) is -0.301. The Balaban J connectivity index is 2.15. The van der Waals surface area contributed by atoms with E-state index in [1.807, 2.05) is 0 Å². The van der Waals surface area contributed by atoms with Gasteiger partial charge in [0.25, 0.3) is 0 Å². The van der Waals surface area contributed by atoms with Crippen LogP contribution in [0, 0.1) is 0 Å². The van der Waals surface area contributed by atoms with E-state index in [1.54, 1.807) is 10.8 Å². The number of hydrogen-bond donors (Lipinski definition) is 3. The van der Waals surface area contributed by atoms with Gasteiger partial charge in [-0.3, -0.25) is 4.79 Å². The van der Waals surface area contributed by atoms with Crippen molar-refractivity contribution >= 4 is 32.7 Å². The quantitative estimate of drug-likeness (QED) is 0.747. The molecule has 2 heterocycles. The minimum atomic E-state index is -3.67. The van der Waals surface area contributed by atoms with Crippen LogP contribution in [0.4, 0.5) is 0 Å². The van der Waals surface area contributed by atoms with Gasteiger partial charge in [0.15, 0.2) is 0 Å². The Bertz CT molecular complexity index is 682. The number of thiazole rings is 1. The van der Waals surface area contributed by atoms with E-state index in [9.17, 15) is 13.2 Å². The molecule has 0 aliphatic heterocycles. The average Bonchev–Trinajstić information content (AvgIpc) is 2.95. The second kappa shape index (κ2) is 5.33. The van der Waals surface area contributed by atoms with Crippen LogP contribution < -0.4 is 9.60 Å². The van der Waals surface area contributed by atoms with Gasteiger partial charge in [0.2, 0.25) is 10.0 Å². The molecule has 0 radical (unpaired) electrons. The molecule has 2 aromatic heterocycles. The molecule has 0 bridgehead atoms. The van der Waals surface area contributed by atoms with Gasteiger partial charge in [-0.15, -0.1) is 11.3 Å². The van der Waals surface area contributed by atoms with Crippen molar-refractivity contribution in [3.05, 3.63) is 37.1 Å². The maximum Gasteiger partial charge on any atom is 0.304 e. The molecule has 0 fully saturated rings. The van der Waals surface area contributed by atoms with Crippen LogP contribution in [0.2, 0.25) is 0 Å². The fourth-order valence-electron chi connectivity index (χ4n) is 1.33. The Morgan fingerprint density at radius 1 is 1.39 bits per heavy atom. The third-order valence-electron chi connectivity index (χ3n) is 2.16. The van der Waals surface area contributed by atoms with Gasteiger partial charge in [-0.2, -0.15) is 0 Å². The van der Waals surface area contributed by atoms with E-state index in [0.717, 1.165) is 11.3 Å². The van der Waals surface area contributed by atoms with Crippen LogP contribution >= 0.6 is 22.7 Å². The molecule has 98 valence electrons. The van der Waals surface area contributed by atoms with Crippen molar-refractivity contribution in [2.75, 3.05) is 0 Å². The molecule has 0 spiro atoms. The lowest BCUT2D eigenvalue weighted by Gasteiger charge is -2.05. The predicted molar refractivity (Wildman–Crippen MR) is 69.2 cm³/mol. The minimum absolute atomic E-state index is 0.0157. The number of aliphatic hydroxyl groups is 1. The summed E-state index contributed by atoms with van der Waals surface area (Å²) in [5.74, 6) is 0. The number of aromatic amines is 1. The number of nitrogens with one attached hydrogen (secondary N) is 2. The molecule has 9 heteroatoms. The van der Waals surface area contributed by atoms with E-state index >= 15 is 0 Å². The van der Waals surface area contributed by atoms with Crippen LogP contribution in [-0.2, 0) is 23.2 Å². The van der Waals surface area contributed by atoms with Gasteiger partial charge in [-0.05, 0) is 11.4 Å². The standard InChI is InChI=1S/C9H10N2O4S3/c12-4-7-8(1-2-16-7)18(14,15)10-3-6-5-17-9(13)11-6/h1-2,5,10,12H,3-4H2,(H,11,13). The van der Waals surface area contributed by atoms with E-state index in [-0.39, 0.29) is 22.9 Å². The van der Waals surface area contributed by atoms with Crippen LogP contribution in [0.3, 0.4) is 0 Å². The second-order valence-electron chi connectivity index (χ2n) is 3.36. The first-order chi connectivity index (χ1) is 8.53. The first kappa shape index (κ1) is 13.4. The molecule has 0 saturated heterocycles. The highest BCUT2D eigenvalue weighted by Gasteiger charge is 2.19. The summed E-state index contributed by atoms with van der Waals surface area (Å²) >= 11 is 2.15. The van der Waals surface area contributed by atoms with E-state index < -0.39 is 10.0 Å². The molecular formula is C9H10N2O4S3. The summed E-state index contributed by atoms with van der Waals surface area (Å²) < 4.78 is 26.3. The number of thiophene rings is 1. The largest absolute Gasteiger partial charge is 0.391 e. The second-order valence-corrected chi connectivity index (χ2v) is 6.94. The number of aromatic nitrogens is 1. The highest BCUT2D eigenvalue weighted by atomic mass is 32.2. The van der Waals surface area contributed by atoms with Crippen LogP contribution in [-0.4, -0.2) is 18.5 Å². The Morgan fingerprint density at radius 3 is 2.78 bits per heavy atom. The summed E-state index contributed by atoms with van der Waals surface area (Å²) in [6, 6.07) is 1.44. The van der Waals surface area contributed by atoms with Gasteiger partial charge in [-0.1, -0.05) is 11.3 Å². The van der Waals surface area contributed by atoms with Crippen molar-refractivity contribution in [3.8, 4) is 0 Å². The Labute approximate surface area is 111 Å². The summed E-state index contributed by atoms with van der Waals surface area (Å²) in [7, 11) is -3.67. The molecular weight excluding hydrogens is 296 g/mol. The lowest BCUT2D eigenvalue weighted by molar-refractivity contribution is 0.282. The lowest BCUT2D eigenvalue weighted by atomic mass is 10.5. The van der Waals surface area contributed by atoms with E-state index in [1.165, 1.54) is 17.4 Å². The molecule has 3 N–H and O–H groups in total. The molecule has 0 saturated carbocycles. The minimum Gasteiger partial charge on any atom is -0.391 e. The van der Waals surface area contributed by atoms with Gasteiger partial charge in [-0.25, -0.2) is 13.1 Å². The zero-order valence-corrected chi connectivity index (χ0v) is 11.5. The first-order valence-corrected chi connectivity index (χ1v) is 8.11. The summed E-state index contributed by atoms with van der Waals surface area (Å²) in [6.07, 6.45) is 0. The van der Waals surface area contributed by atoms with Gasteiger partial charge < -0.3 is 10.1 Å². The molecule has 0 aliphatic carbocycles. The molecule has 0 atom stereocenters. The zero-order chi connectivity index (χ0) is 13.2. The molecule has 18 heavy (non-hydrogen) atoms. The highest BCUT2D eigenvalue weighted by Crippen LogP contribution is 2.21. The van der Waals surface area contributed by atoms with E-state index in [0.29, 0.717) is 10.6 Å². The Kier molecular flexibility index (Phi) is 3.97. The number of sulfonamides is 1. The van der Waals surface area contributed by atoms with E-state index in [2.05, 4.69) is 9.71 Å². The molecule has 0 amide bonds.